The minimum absolute atomic E-state index is 0.366. The van der Waals surface area contributed by atoms with Gasteiger partial charge in [-0.1, -0.05) is 24.6 Å². The topological polar surface area (TPSA) is 20.3 Å². The minimum atomic E-state index is 0.366. The molecule has 0 radical (unpaired) electrons. The van der Waals surface area contributed by atoms with Gasteiger partial charge < -0.3 is 4.90 Å². The third kappa shape index (κ3) is 4.59. The molecule has 0 aliphatic carbocycles. The highest BCUT2D eigenvalue weighted by Gasteiger charge is 2.05. The second-order valence-corrected chi connectivity index (χ2v) is 4.41. The Balaban J connectivity index is 2.48. The van der Waals surface area contributed by atoms with Crippen molar-refractivity contribution in [3.8, 4) is 0 Å². The molecule has 2 nitrogen and oxygen atoms in total. The molecule has 94 valence electrons. The van der Waals surface area contributed by atoms with E-state index >= 15 is 0 Å². The molecule has 1 aromatic rings. The lowest BCUT2D eigenvalue weighted by Crippen LogP contribution is -2.24. The second-order valence-electron chi connectivity index (χ2n) is 4.41. The van der Waals surface area contributed by atoms with Crippen LogP contribution in [0.25, 0.3) is 0 Å². The number of nitrogens with zero attached hydrogens (tertiary/aromatic N) is 1. The molecular weight excluding hydrogens is 210 g/mol. The fraction of sp³-hybridized carbons (Fsp3) is 0.533. The number of anilines is 1. The SMILES string of the molecule is CCC(=O)CCCN(CC)c1ccc(C)cc1. The van der Waals surface area contributed by atoms with Crippen LogP contribution in [0.2, 0.25) is 0 Å². The number of aryl methyl sites for hydroxylation is 1. The van der Waals surface area contributed by atoms with E-state index < -0.39 is 0 Å². The number of hydrogen-bond acceptors (Lipinski definition) is 2. The van der Waals surface area contributed by atoms with Crippen LogP contribution >= 0.6 is 0 Å². The Kier molecular flexibility index (Phi) is 5.75. The van der Waals surface area contributed by atoms with E-state index in [1.54, 1.807) is 0 Å². The average molecular weight is 233 g/mol. The summed E-state index contributed by atoms with van der Waals surface area (Å²) in [5, 5.41) is 0. The molecule has 0 fully saturated rings. The quantitative estimate of drug-likeness (QED) is 0.717. The molecule has 0 amide bonds. The van der Waals surface area contributed by atoms with E-state index in [0.717, 1.165) is 19.5 Å². The second kappa shape index (κ2) is 7.10. The summed E-state index contributed by atoms with van der Waals surface area (Å²) < 4.78 is 0. The van der Waals surface area contributed by atoms with Gasteiger partial charge in [-0.2, -0.15) is 0 Å². The molecule has 0 saturated carbocycles. The lowest BCUT2D eigenvalue weighted by Gasteiger charge is -2.23. The first kappa shape index (κ1) is 13.8. The van der Waals surface area contributed by atoms with Crippen molar-refractivity contribution in [2.24, 2.45) is 0 Å². The Morgan fingerprint density at radius 1 is 1.18 bits per heavy atom. The van der Waals surface area contributed by atoms with Crippen molar-refractivity contribution in [1.82, 2.24) is 0 Å². The number of carbonyl (C=O) groups is 1. The Morgan fingerprint density at radius 2 is 1.82 bits per heavy atom. The van der Waals surface area contributed by atoms with Crippen LogP contribution < -0.4 is 4.90 Å². The molecular formula is C15H23NO. The van der Waals surface area contributed by atoms with Crippen molar-refractivity contribution in [1.29, 1.82) is 0 Å². The summed E-state index contributed by atoms with van der Waals surface area (Å²) in [5.74, 6) is 0.366. The van der Waals surface area contributed by atoms with E-state index in [2.05, 4.69) is 43.0 Å². The number of hydrogen-bond donors (Lipinski definition) is 0. The number of Topliss-reactive ketones (excluding diaryl/α,β-unsaturated/α-hetero) is 1. The number of rotatable bonds is 7. The van der Waals surface area contributed by atoms with E-state index in [-0.39, 0.29) is 0 Å². The normalized spacial score (nSPS) is 10.3. The fourth-order valence-electron chi connectivity index (χ4n) is 1.87. The summed E-state index contributed by atoms with van der Waals surface area (Å²) in [6.45, 7) is 8.13. The smallest absolute Gasteiger partial charge is 0.132 e. The maximum atomic E-state index is 11.2. The maximum Gasteiger partial charge on any atom is 0.132 e. The highest BCUT2D eigenvalue weighted by atomic mass is 16.1. The third-order valence-electron chi connectivity index (χ3n) is 3.06. The molecule has 0 unspecified atom stereocenters. The van der Waals surface area contributed by atoms with E-state index in [4.69, 9.17) is 0 Å². The molecule has 1 rings (SSSR count). The van der Waals surface area contributed by atoms with E-state index in [9.17, 15) is 4.79 Å². The molecule has 0 spiro atoms. The van der Waals surface area contributed by atoms with Crippen molar-refractivity contribution >= 4 is 11.5 Å². The summed E-state index contributed by atoms with van der Waals surface area (Å²) in [4.78, 5) is 13.6. The van der Waals surface area contributed by atoms with Crippen molar-refractivity contribution < 1.29 is 4.79 Å². The van der Waals surface area contributed by atoms with Gasteiger partial charge in [0.1, 0.15) is 5.78 Å². The van der Waals surface area contributed by atoms with Gasteiger partial charge in [-0.15, -0.1) is 0 Å². The zero-order valence-electron chi connectivity index (χ0n) is 11.2. The molecule has 0 aliphatic heterocycles. The van der Waals surface area contributed by atoms with Gasteiger partial charge in [-0.05, 0) is 32.4 Å². The number of carbonyl (C=O) groups excluding carboxylic acids is 1. The van der Waals surface area contributed by atoms with Crippen LogP contribution in [0.15, 0.2) is 24.3 Å². The number of ketones is 1. The van der Waals surface area contributed by atoms with Crippen LogP contribution in [0.4, 0.5) is 5.69 Å². The monoisotopic (exact) mass is 233 g/mol. The van der Waals surface area contributed by atoms with E-state index in [1.807, 2.05) is 6.92 Å². The van der Waals surface area contributed by atoms with Crippen molar-refractivity contribution in [3.63, 3.8) is 0 Å². The average Bonchev–Trinajstić information content (AvgIpc) is 2.35. The molecule has 0 N–H and O–H groups in total. The van der Waals surface area contributed by atoms with Crippen LogP contribution in [-0.2, 0) is 4.79 Å². The molecule has 0 atom stereocenters. The van der Waals surface area contributed by atoms with Gasteiger partial charge in [0.25, 0.3) is 0 Å². The molecule has 0 saturated heterocycles. The van der Waals surface area contributed by atoms with Crippen LogP contribution in [0.3, 0.4) is 0 Å². The molecule has 0 heterocycles. The largest absolute Gasteiger partial charge is 0.372 e. The van der Waals surface area contributed by atoms with Crippen LogP contribution in [-0.4, -0.2) is 18.9 Å². The third-order valence-corrected chi connectivity index (χ3v) is 3.06. The van der Waals surface area contributed by atoms with Crippen LogP contribution in [0, 0.1) is 6.92 Å². The summed E-state index contributed by atoms with van der Waals surface area (Å²) in [6.07, 6.45) is 2.32. The lowest BCUT2D eigenvalue weighted by molar-refractivity contribution is -0.118. The van der Waals surface area contributed by atoms with Crippen LogP contribution in [0.1, 0.15) is 38.7 Å². The van der Waals surface area contributed by atoms with E-state index in [1.165, 1.54) is 11.3 Å². The minimum Gasteiger partial charge on any atom is -0.372 e. The molecule has 2 heteroatoms. The molecule has 0 aliphatic rings. The first-order valence-corrected chi connectivity index (χ1v) is 6.50. The summed E-state index contributed by atoms with van der Waals surface area (Å²) >= 11 is 0. The van der Waals surface area contributed by atoms with Gasteiger partial charge in [0, 0.05) is 31.6 Å². The molecule has 0 bridgehead atoms. The highest BCUT2D eigenvalue weighted by molar-refractivity contribution is 5.77. The van der Waals surface area contributed by atoms with Gasteiger partial charge in [0.05, 0.1) is 0 Å². The van der Waals surface area contributed by atoms with Gasteiger partial charge in [-0.3, -0.25) is 4.79 Å². The predicted molar refractivity (Wildman–Crippen MR) is 73.6 cm³/mol. The Hall–Kier alpha value is -1.31. The van der Waals surface area contributed by atoms with Crippen molar-refractivity contribution in [2.75, 3.05) is 18.0 Å². The van der Waals surface area contributed by atoms with Crippen molar-refractivity contribution in [2.45, 2.75) is 40.0 Å². The lowest BCUT2D eigenvalue weighted by atomic mass is 10.1. The first-order chi connectivity index (χ1) is 8.17. The predicted octanol–water partition coefficient (Wildman–Crippen LogP) is 3.58. The molecule has 17 heavy (non-hydrogen) atoms. The highest BCUT2D eigenvalue weighted by Crippen LogP contribution is 2.15. The van der Waals surface area contributed by atoms with E-state index in [0.29, 0.717) is 18.6 Å². The first-order valence-electron chi connectivity index (χ1n) is 6.50. The zero-order valence-corrected chi connectivity index (χ0v) is 11.2. The molecule has 1 aromatic carbocycles. The molecule has 0 aromatic heterocycles. The zero-order chi connectivity index (χ0) is 12.7. The summed E-state index contributed by atoms with van der Waals surface area (Å²) in [7, 11) is 0. The summed E-state index contributed by atoms with van der Waals surface area (Å²) in [5.41, 5.74) is 2.54. The van der Waals surface area contributed by atoms with Gasteiger partial charge >= 0.3 is 0 Å². The standard InChI is InChI=1S/C15H23NO/c1-4-15(17)7-6-12-16(5-2)14-10-8-13(3)9-11-14/h8-11H,4-7,12H2,1-3H3. The maximum absolute atomic E-state index is 11.2. The van der Waals surface area contributed by atoms with Gasteiger partial charge in [0.15, 0.2) is 0 Å². The van der Waals surface area contributed by atoms with Gasteiger partial charge in [-0.25, -0.2) is 0 Å². The Labute approximate surface area is 105 Å². The Bertz CT molecular complexity index is 342. The van der Waals surface area contributed by atoms with Crippen molar-refractivity contribution in [3.05, 3.63) is 29.8 Å². The Morgan fingerprint density at radius 3 is 2.35 bits per heavy atom. The van der Waals surface area contributed by atoms with Crippen LogP contribution in [0.5, 0.6) is 0 Å². The summed E-state index contributed by atoms with van der Waals surface area (Å²) in [6, 6.07) is 8.57. The van der Waals surface area contributed by atoms with Gasteiger partial charge in [0.2, 0.25) is 0 Å². The fourth-order valence-corrected chi connectivity index (χ4v) is 1.87. The number of benzene rings is 1.